The Balaban J connectivity index is 1.84. The standard InChI is InChI=1S/C13H14N2S/c14-13(5-6-13)9-3-4-10-11(7-9)16-12(15-10)8-1-2-8/h3-4,7-8H,1-2,5-6,14H2. The third-order valence-corrected chi connectivity index (χ3v) is 4.88. The Labute approximate surface area is 98.5 Å². The second-order valence-electron chi connectivity index (χ2n) is 5.17. The number of aromatic nitrogens is 1. The van der Waals surface area contributed by atoms with Gasteiger partial charge in [-0.3, -0.25) is 0 Å². The van der Waals surface area contributed by atoms with Crippen molar-refractivity contribution in [1.29, 1.82) is 0 Å². The first-order chi connectivity index (χ1) is 7.74. The molecule has 0 unspecified atom stereocenters. The van der Waals surface area contributed by atoms with Crippen LogP contribution in [0.2, 0.25) is 0 Å². The Morgan fingerprint density at radius 3 is 2.81 bits per heavy atom. The summed E-state index contributed by atoms with van der Waals surface area (Å²) >= 11 is 1.86. The first-order valence-corrected chi connectivity index (χ1v) is 6.76. The van der Waals surface area contributed by atoms with Gasteiger partial charge in [-0.1, -0.05) is 6.07 Å². The van der Waals surface area contributed by atoms with Crippen molar-refractivity contribution in [2.45, 2.75) is 37.1 Å². The van der Waals surface area contributed by atoms with Crippen molar-refractivity contribution in [3.63, 3.8) is 0 Å². The quantitative estimate of drug-likeness (QED) is 0.861. The Bertz CT molecular complexity index is 564. The molecule has 0 aliphatic heterocycles. The molecule has 1 heterocycles. The van der Waals surface area contributed by atoms with E-state index in [-0.39, 0.29) is 5.54 Å². The molecule has 2 fully saturated rings. The Hall–Kier alpha value is -0.930. The summed E-state index contributed by atoms with van der Waals surface area (Å²) in [6, 6.07) is 6.55. The van der Waals surface area contributed by atoms with Crippen molar-refractivity contribution < 1.29 is 0 Å². The van der Waals surface area contributed by atoms with E-state index in [1.54, 1.807) is 0 Å². The average Bonchev–Trinajstić information content (AvgIpc) is 3.19. The maximum atomic E-state index is 6.22. The summed E-state index contributed by atoms with van der Waals surface area (Å²) < 4.78 is 1.32. The van der Waals surface area contributed by atoms with Gasteiger partial charge < -0.3 is 5.73 Å². The molecular formula is C13H14N2S. The normalized spacial score (nSPS) is 22.6. The van der Waals surface area contributed by atoms with Crippen LogP contribution in [-0.4, -0.2) is 4.98 Å². The van der Waals surface area contributed by atoms with Gasteiger partial charge in [0.15, 0.2) is 0 Å². The number of nitrogens with zero attached hydrogens (tertiary/aromatic N) is 1. The predicted molar refractivity (Wildman–Crippen MR) is 66.7 cm³/mol. The predicted octanol–water partition coefficient (Wildman–Crippen LogP) is 3.12. The van der Waals surface area contributed by atoms with Crippen molar-refractivity contribution in [2.75, 3.05) is 0 Å². The van der Waals surface area contributed by atoms with Crippen molar-refractivity contribution in [1.82, 2.24) is 4.98 Å². The van der Waals surface area contributed by atoms with E-state index in [0.29, 0.717) is 0 Å². The van der Waals surface area contributed by atoms with Gasteiger partial charge in [0.25, 0.3) is 0 Å². The third kappa shape index (κ3) is 1.31. The summed E-state index contributed by atoms with van der Waals surface area (Å²) in [4.78, 5) is 4.70. The van der Waals surface area contributed by atoms with E-state index in [1.165, 1.54) is 28.1 Å². The zero-order chi connectivity index (χ0) is 10.8. The molecule has 0 saturated heterocycles. The van der Waals surface area contributed by atoms with Crippen LogP contribution < -0.4 is 5.73 Å². The molecular weight excluding hydrogens is 216 g/mol. The van der Waals surface area contributed by atoms with Gasteiger partial charge >= 0.3 is 0 Å². The first-order valence-electron chi connectivity index (χ1n) is 5.94. The van der Waals surface area contributed by atoms with Crippen molar-refractivity contribution in [2.24, 2.45) is 5.73 Å². The molecule has 2 nitrogen and oxygen atoms in total. The van der Waals surface area contributed by atoms with Crippen molar-refractivity contribution >= 4 is 21.6 Å². The van der Waals surface area contributed by atoms with Gasteiger partial charge in [0.1, 0.15) is 0 Å². The third-order valence-electron chi connectivity index (χ3n) is 3.70. The summed E-state index contributed by atoms with van der Waals surface area (Å²) in [5, 5.41) is 1.33. The highest BCUT2D eigenvalue weighted by atomic mass is 32.1. The molecule has 16 heavy (non-hydrogen) atoms. The Kier molecular flexibility index (Phi) is 1.62. The van der Waals surface area contributed by atoms with Crippen LogP contribution in [-0.2, 0) is 5.54 Å². The number of rotatable bonds is 2. The zero-order valence-electron chi connectivity index (χ0n) is 9.07. The lowest BCUT2D eigenvalue weighted by molar-refractivity contribution is 0.742. The lowest BCUT2D eigenvalue weighted by atomic mass is 10.1. The number of fused-ring (bicyclic) bond motifs is 1. The number of thiazole rings is 1. The van der Waals surface area contributed by atoms with Crippen LogP contribution in [0.1, 0.15) is 42.2 Å². The molecule has 0 amide bonds. The van der Waals surface area contributed by atoms with E-state index in [4.69, 9.17) is 10.7 Å². The molecule has 0 spiro atoms. The molecule has 0 atom stereocenters. The fourth-order valence-electron chi connectivity index (χ4n) is 2.18. The Morgan fingerprint density at radius 1 is 1.31 bits per heavy atom. The second kappa shape index (κ2) is 2.84. The molecule has 1 aromatic carbocycles. The number of benzene rings is 1. The van der Waals surface area contributed by atoms with Gasteiger partial charge in [0.05, 0.1) is 15.2 Å². The maximum absolute atomic E-state index is 6.22. The fourth-order valence-corrected chi connectivity index (χ4v) is 3.36. The molecule has 4 rings (SSSR count). The van der Waals surface area contributed by atoms with Crippen LogP contribution in [0.3, 0.4) is 0 Å². The smallest absolute Gasteiger partial charge is 0.0969 e. The second-order valence-corrected chi connectivity index (χ2v) is 6.23. The number of nitrogens with two attached hydrogens (primary N) is 1. The molecule has 0 bridgehead atoms. The molecule has 1 aromatic heterocycles. The van der Waals surface area contributed by atoms with Gasteiger partial charge in [-0.2, -0.15) is 0 Å². The summed E-state index contributed by atoms with van der Waals surface area (Å²) in [7, 11) is 0. The average molecular weight is 230 g/mol. The van der Waals surface area contributed by atoms with E-state index in [9.17, 15) is 0 Å². The van der Waals surface area contributed by atoms with Crippen LogP contribution in [0.25, 0.3) is 10.2 Å². The molecule has 2 aromatic rings. The summed E-state index contributed by atoms with van der Waals surface area (Å²) in [5.74, 6) is 0.758. The minimum Gasteiger partial charge on any atom is -0.321 e. The van der Waals surface area contributed by atoms with Gasteiger partial charge in [0.2, 0.25) is 0 Å². The van der Waals surface area contributed by atoms with Crippen LogP contribution in [0.15, 0.2) is 18.2 Å². The van der Waals surface area contributed by atoms with E-state index in [2.05, 4.69) is 18.2 Å². The van der Waals surface area contributed by atoms with Gasteiger partial charge in [0, 0.05) is 11.5 Å². The van der Waals surface area contributed by atoms with E-state index in [0.717, 1.165) is 24.3 Å². The van der Waals surface area contributed by atoms with E-state index >= 15 is 0 Å². The molecule has 2 N–H and O–H groups in total. The highest BCUT2D eigenvalue weighted by Gasteiger charge is 2.40. The fraction of sp³-hybridized carbons (Fsp3) is 0.462. The molecule has 2 aliphatic rings. The van der Waals surface area contributed by atoms with Crippen LogP contribution in [0, 0.1) is 0 Å². The van der Waals surface area contributed by atoms with Gasteiger partial charge in [-0.25, -0.2) is 4.98 Å². The molecule has 3 heteroatoms. The molecule has 2 saturated carbocycles. The monoisotopic (exact) mass is 230 g/mol. The van der Waals surface area contributed by atoms with Gasteiger partial charge in [-0.15, -0.1) is 11.3 Å². The minimum atomic E-state index is -0.0159. The Morgan fingerprint density at radius 2 is 2.12 bits per heavy atom. The summed E-state index contributed by atoms with van der Waals surface area (Å²) in [6.45, 7) is 0. The topological polar surface area (TPSA) is 38.9 Å². The molecule has 0 radical (unpaired) electrons. The van der Waals surface area contributed by atoms with Gasteiger partial charge in [-0.05, 0) is 43.4 Å². The number of hydrogen-bond donors (Lipinski definition) is 1. The number of hydrogen-bond acceptors (Lipinski definition) is 3. The highest BCUT2D eigenvalue weighted by molar-refractivity contribution is 7.18. The lowest BCUT2D eigenvalue weighted by Crippen LogP contribution is -2.18. The maximum Gasteiger partial charge on any atom is 0.0969 e. The van der Waals surface area contributed by atoms with Crippen molar-refractivity contribution in [3.05, 3.63) is 28.8 Å². The zero-order valence-corrected chi connectivity index (χ0v) is 9.89. The molecule has 82 valence electrons. The highest BCUT2D eigenvalue weighted by Crippen LogP contribution is 2.46. The summed E-state index contributed by atoms with van der Waals surface area (Å²) in [5.41, 5.74) is 8.66. The van der Waals surface area contributed by atoms with E-state index < -0.39 is 0 Å². The van der Waals surface area contributed by atoms with Crippen LogP contribution >= 0.6 is 11.3 Å². The minimum absolute atomic E-state index is 0.0159. The van der Waals surface area contributed by atoms with E-state index in [1.807, 2.05) is 11.3 Å². The summed E-state index contributed by atoms with van der Waals surface area (Å²) in [6.07, 6.45) is 4.92. The first kappa shape index (κ1) is 9.14. The van der Waals surface area contributed by atoms with Crippen molar-refractivity contribution in [3.8, 4) is 0 Å². The SMILES string of the molecule is NC1(c2ccc3nc(C4CC4)sc3c2)CC1. The largest absolute Gasteiger partial charge is 0.321 e. The molecule has 2 aliphatic carbocycles. The lowest BCUT2D eigenvalue weighted by Gasteiger charge is -2.07. The van der Waals surface area contributed by atoms with Crippen LogP contribution in [0.5, 0.6) is 0 Å². The van der Waals surface area contributed by atoms with Crippen LogP contribution in [0.4, 0.5) is 0 Å².